The molecule has 0 unspecified atom stereocenters. The maximum Gasteiger partial charge on any atom is 0.226 e. The molecule has 136 valence electrons. The predicted octanol–water partition coefficient (Wildman–Crippen LogP) is 3.21. The summed E-state index contributed by atoms with van der Waals surface area (Å²) in [6, 6.07) is 10.6. The summed E-state index contributed by atoms with van der Waals surface area (Å²) >= 11 is 1.58. The maximum atomic E-state index is 12.4. The van der Waals surface area contributed by atoms with Crippen LogP contribution in [0, 0.1) is 0 Å². The van der Waals surface area contributed by atoms with Crippen LogP contribution < -0.4 is 5.32 Å². The summed E-state index contributed by atoms with van der Waals surface area (Å²) in [6.07, 6.45) is 4.83. The lowest BCUT2D eigenvalue weighted by Crippen LogP contribution is -2.40. The number of hydrogen-bond donors (Lipinski definition) is 1. The summed E-state index contributed by atoms with van der Waals surface area (Å²) < 4.78 is 2.04. The molecule has 4 rings (SSSR count). The van der Waals surface area contributed by atoms with Gasteiger partial charge in [-0.3, -0.25) is 14.1 Å². The Morgan fingerprint density at radius 2 is 2.19 bits per heavy atom. The van der Waals surface area contributed by atoms with Gasteiger partial charge in [-0.1, -0.05) is 37.3 Å². The zero-order chi connectivity index (χ0) is 17.9. The molecule has 3 heterocycles. The number of aromatic nitrogens is 2. The van der Waals surface area contributed by atoms with Crippen molar-refractivity contribution in [2.45, 2.75) is 32.2 Å². The number of rotatable bonds is 6. The number of likely N-dealkylation sites (tertiary alicyclic amines) is 1. The van der Waals surface area contributed by atoms with Crippen molar-refractivity contribution in [3.05, 3.63) is 47.6 Å². The summed E-state index contributed by atoms with van der Waals surface area (Å²) in [5.74, 6) is 0.0858. The van der Waals surface area contributed by atoms with Gasteiger partial charge in [0.2, 0.25) is 5.91 Å². The number of hydrogen-bond acceptors (Lipinski definition) is 4. The first-order chi connectivity index (χ1) is 12.7. The smallest absolute Gasteiger partial charge is 0.226 e. The van der Waals surface area contributed by atoms with Gasteiger partial charge in [0.15, 0.2) is 4.96 Å². The molecule has 1 N–H and O–H groups in total. The van der Waals surface area contributed by atoms with E-state index in [-0.39, 0.29) is 5.91 Å². The minimum atomic E-state index is 0.0858. The maximum absolute atomic E-state index is 12.4. The van der Waals surface area contributed by atoms with Crippen LogP contribution in [0.1, 0.15) is 25.5 Å². The van der Waals surface area contributed by atoms with Crippen molar-refractivity contribution in [2.75, 3.05) is 19.6 Å². The molecule has 0 saturated carbocycles. The number of thiazole rings is 1. The first-order valence-corrected chi connectivity index (χ1v) is 10.1. The van der Waals surface area contributed by atoms with Crippen LogP contribution >= 0.6 is 11.3 Å². The number of nitrogens with one attached hydrogen (secondary N) is 1. The lowest BCUT2D eigenvalue weighted by Gasteiger charge is -2.22. The van der Waals surface area contributed by atoms with Crippen LogP contribution in [-0.2, 0) is 11.2 Å². The molecule has 1 aliphatic rings. The van der Waals surface area contributed by atoms with Crippen LogP contribution in [0.5, 0.6) is 0 Å². The SMILES string of the molecule is CCN1CCC[C@@H]1CNC(=O)Cc1csc2nc(-c3ccccc3)cn12. The lowest BCUT2D eigenvalue weighted by molar-refractivity contribution is -0.120. The molecule has 1 fully saturated rings. The topological polar surface area (TPSA) is 49.6 Å². The summed E-state index contributed by atoms with van der Waals surface area (Å²) in [6.45, 7) is 5.15. The zero-order valence-electron chi connectivity index (χ0n) is 15.0. The van der Waals surface area contributed by atoms with Crippen molar-refractivity contribution in [2.24, 2.45) is 0 Å². The third-order valence-corrected chi connectivity index (χ3v) is 6.02. The average Bonchev–Trinajstić information content (AvgIpc) is 3.37. The van der Waals surface area contributed by atoms with E-state index in [9.17, 15) is 4.79 Å². The van der Waals surface area contributed by atoms with Crippen LogP contribution in [-0.4, -0.2) is 45.9 Å². The molecule has 1 atom stereocenters. The van der Waals surface area contributed by atoms with Crippen LogP contribution in [0.2, 0.25) is 0 Å². The molecule has 26 heavy (non-hydrogen) atoms. The summed E-state index contributed by atoms with van der Waals surface area (Å²) in [5, 5.41) is 5.15. The Morgan fingerprint density at radius 1 is 1.35 bits per heavy atom. The summed E-state index contributed by atoms with van der Waals surface area (Å²) in [5.41, 5.74) is 3.04. The number of carbonyl (C=O) groups is 1. The fourth-order valence-electron chi connectivity index (χ4n) is 3.71. The van der Waals surface area contributed by atoms with E-state index in [0.29, 0.717) is 12.5 Å². The molecule has 2 aromatic heterocycles. The molecule has 0 spiro atoms. The van der Waals surface area contributed by atoms with E-state index in [2.05, 4.69) is 34.3 Å². The second kappa shape index (κ2) is 7.60. The van der Waals surface area contributed by atoms with Gasteiger partial charge in [0, 0.05) is 35.4 Å². The number of nitrogens with zero attached hydrogens (tertiary/aromatic N) is 3. The molecule has 1 saturated heterocycles. The van der Waals surface area contributed by atoms with Gasteiger partial charge in [0.05, 0.1) is 12.1 Å². The van der Waals surface area contributed by atoms with E-state index in [0.717, 1.165) is 41.5 Å². The fraction of sp³-hybridized carbons (Fsp3) is 0.400. The Labute approximate surface area is 157 Å². The van der Waals surface area contributed by atoms with Crippen molar-refractivity contribution >= 4 is 22.2 Å². The van der Waals surface area contributed by atoms with Crippen LogP contribution in [0.4, 0.5) is 0 Å². The predicted molar refractivity (Wildman–Crippen MR) is 105 cm³/mol. The van der Waals surface area contributed by atoms with E-state index in [4.69, 9.17) is 0 Å². The van der Waals surface area contributed by atoms with Gasteiger partial charge in [0.25, 0.3) is 0 Å². The monoisotopic (exact) mass is 368 g/mol. The number of amides is 1. The van der Waals surface area contributed by atoms with Crippen LogP contribution in [0.25, 0.3) is 16.2 Å². The Bertz CT molecular complexity index is 886. The van der Waals surface area contributed by atoms with Crippen molar-refractivity contribution in [3.8, 4) is 11.3 Å². The highest BCUT2D eigenvalue weighted by atomic mass is 32.1. The molecule has 5 nitrogen and oxygen atoms in total. The van der Waals surface area contributed by atoms with Gasteiger partial charge in [-0.25, -0.2) is 4.98 Å². The van der Waals surface area contributed by atoms with Gasteiger partial charge in [0.1, 0.15) is 0 Å². The van der Waals surface area contributed by atoms with Gasteiger partial charge in [-0.05, 0) is 25.9 Å². The van der Waals surface area contributed by atoms with E-state index in [1.165, 1.54) is 12.8 Å². The fourth-order valence-corrected chi connectivity index (χ4v) is 4.58. The minimum absolute atomic E-state index is 0.0858. The first-order valence-electron chi connectivity index (χ1n) is 9.26. The van der Waals surface area contributed by atoms with Crippen LogP contribution in [0.15, 0.2) is 41.9 Å². The standard InChI is InChI=1S/C20H24N4OS/c1-2-23-10-6-9-16(23)12-21-19(25)11-17-14-26-20-22-18(13-24(17)20)15-7-4-3-5-8-15/h3-5,7-8,13-14,16H,2,6,9-12H2,1H3,(H,21,25)/t16-/m1/s1. The van der Waals surface area contributed by atoms with Crippen molar-refractivity contribution in [1.29, 1.82) is 0 Å². The second-order valence-corrected chi connectivity index (χ2v) is 7.61. The van der Waals surface area contributed by atoms with Crippen molar-refractivity contribution in [3.63, 3.8) is 0 Å². The molecule has 0 bridgehead atoms. The first kappa shape index (κ1) is 17.2. The second-order valence-electron chi connectivity index (χ2n) is 6.78. The van der Waals surface area contributed by atoms with Gasteiger partial charge in [-0.15, -0.1) is 11.3 Å². The third kappa shape index (κ3) is 3.52. The van der Waals surface area contributed by atoms with Crippen molar-refractivity contribution < 1.29 is 4.79 Å². The van der Waals surface area contributed by atoms with E-state index in [1.54, 1.807) is 11.3 Å². The number of benzene rings is 1. The molecular weight excluding hydrogens is 344 g/mol. The average molecular weight is 369 g/mol. The number of fused-ring (bicyclic) bond motifs is 1. The van der Waals surface area contributed by atoms with E-state index >= 15 is 0 Å². The Hall–Kier alpha value is -2.18. The molecule has 0 aliphatic carbocycles. The van der Waals surface area contributed by atoms with Crippen LogP contribution in [0.3, 0.4) is 0 Å². The van der Waals surface area contributed by atoms with E-state index in [1.807, 2.05) is 34.2 Å². The molecule has 6 heteroatoms. The summed E-state index contributed by atoms with van der Waals surface area (Å²) in [4.78, 5) is 20.5. The molecule has 0 radical (unpaired) electrons. The molecule has 3 aromatic rings. The summed E-state index contributed by atoms with van der Waals surface area (Å²) in [7, 11) is 0. The zero-order valence-corrected chi connectivity index (χ0v) is 15.8. The molecular formula is C20H24N4OS. The lowest BCUT2D eigenvalue weighted by atomic mass is 10.2. The van der Waals surface area contributed by atoms with Gasteiger partial charge in [-0.2, -0.15) is 0 Å². The quantitative estimate of drug-likeness (QED) is 0.727. The van der Waals surface area contributed by atoms with Crippen molar-refractivity contribution in [1.82, 2.24) is 19.6 Å². The molecule has 1 amide bonds. The number of imidazole rings is 1. The minimum Gasteiger partial charge on any atom is -0.354 e. The van der Waals surface area contributed by atoms with E-state index < -0.39 is 0 Å². The highest BCUT2D eigenvalue weighted by molar-refractivity contribution is 7.15. The van der Waals surface area contributed by atoms with Gasteiger partial charge < -0.3 is 5.32 Å². The van der Waals surface area contributed by atoms with Gasteiger partial charge >= 0.3 is 0 Å². The normalized spacial score (nSPS) is 17.8. The Morgan fingerprint density at radius 3 is 3.00 bits per heavy atom. The Kier molecular flexibility index (Phi) is 5.04. The largest absolute Gasteiger partial charge is 0.354 e. The Balaban J connectivity index is 1.42. The number of likely N-dealkylation sites (N-methyl/N-ethyl adjacent to an activating group) is 1. The molecule has 1 aliphatic heterocycles. The molecule has 1 aromatic carbocycles. The highest BCUT2D eigenvalue weighted by Gasteiger charge is 2.23. The number of carbonyl (C=O) groups excluding carboxylic acids is 1. The highest BCUT2D eigenvalue weighted by Crippen LogP contribution is 2.23. The third-order valence-electron chi connectivity index (χ3n) is 5.13.